The molecule has 4 aliphatic heterocycles. The molecule has 4 heterocycles. The molecule has 13 heteroatoms. The number of carbonyl (C=O) groups excluding carboxylic acids is 1. The van der Waals surface area contributed by atoms with Gasteiger partial charge in [0.1, 0.15) is 55.4 Å². The van der Waals surface area contributed by atoms with E-state index < -0.39 is 84.7 Å². The minimum absolute atomic E-state index is 0.114. The van der Waals surface area contributed by atoms with Crippen molar-refractivity contribution in [3.05, 3.63) is 0 Å². The van der Waals surface area contributed by atoms with E-state index in [-0.39, 0.29) is 13.2 Å². The molecule has 0 aliphatic carbocycles. The molecule has 0 spiro atoms. The van der Waals surface area contributed by atoms with Crippen LogP contribution in [-0.4, -0.2) is 117 Å². The van der Waals surface area contributed by atoms with Crippen molar-refractivity contribution in [3.63, 3.8) is 0 Å². The van der Waals surface area contributed by atoms with Gasteiger partial charge in [-0.3, -0.25) is 4.79 Å². The van der Waals surface area contributed by atoms with Crippen molar-refractivity contribution >= 4 is 5.97 Å². The van der Waals surface area contributed by atoms with Gasteiger partial charge in [0.15, 0.2) is 29.9 Å². The Labute approximate surface area is 223 Å². The van der Waals surface area contributed by atoms with Crippen LogP contribution in [0.15, 0.2) is 0 Å². The fourth-order valence-electron chi connectivity index (χ4n) is 5.36. The highest BCUT2D eigenvalue weighted by Gasteiger charge is 2.59. The molecule has 9 atom stereocenters. The summed E-state index contributed by atoms with van der Waals surface area (Å²) < 4.78 is 65.2. The minimum atomic E-state index is -1.25. The Hall–Kier alpha value is -0.970. The predicted octanol–water partition coefficient (Wildman–Crippen LogP) is 0.831. The van der Waals surface area contributed by atoms with E-state index in [9.17, 15) is 9.90 Å². The first kappa shape index (κ1) is 30.0. The smallest absolute Gasteiger partial charge is 0.302 e. The molecule has 0 unspecified atom stereocenters. The second-order valence-electron chi connectivity index (χ2n) is 11.3. The second-order valence-corrected chi connectivity index (χ2v) is 11.3. The maximum atomic E-state index is 11.5. The number of hydrogen-bond donors (Lipinski definition) is 1. The van der Waals surface area contributed by atoms with Gasteiger partial charge in [0, 0.05) is 21.1 Å². The van der Waals surface area contributed by atoms with E-state index in [1.54, 1.807) is 41.5 Å². The van der Waals surface area contributed by atoms with Gasteiger partial charge in [0.05, 0.1) is 6.61 Å². The number of fused-ring (bicyclic) bond motifs is 1. The Kier molecular flexibility index (Phi) is 8.79. The lowest BCUT2D eigenvalue weighted by atomic mass is 9.98. The van der Waals surface area contributed by atoms with Crippen LogP contribution in [0, 0.1) is 0 Å². The van der Waals surface area contributed by atoms with Crippen LogP contribution in [0.25, 0.3) is 0 Å². The van der Waals surface area contributed by atoms with Crippen molar-refractivity contribution in [3.8, 4) is 0 Å². The molecule has 220 valence electrons. The molecule has 4 aliphatic rings. The van der Waals surface area contributed by atoms with E-state index in [0.29, 0.717) is 0 Å². The largest absolute Gasteiger partial charge is 0.463 e. The van der Waals surface area contributed by atoms with Crippen LogP contribution in [0.1, 0.15) is 48.5 Å². The Morgan fingerprint density at radius 2 is 1.50 bits per heavy atom. The summed E-state index contributed by atoms with van der Waals surface area (Å²) in [5, 5.41) is 11.3. The van der Waals surface area contributed by atoms with E-state index in [0.717, 1.165) is 0 Å². The molecular weight excluding hydrogens is 508 g/mol. The van der Waals surface area contributed by atoms with Crippen molar-refractivity contribution in [2.75, 3.05) is 27.4 Å². The van der Waals surface area contributed by atoms with Gasteiger partial charge in [-0.15, -0.1) is 0 Å². The van der Waals surface area contributed by atoms with E-state index in [2.05, 4.69) is 0 Å². The number of hydrogen-bond acceptors (Lipinski definition) is 13. The summed E-state index contributed by atoms with van der Waals surface area (Å²) in [5.74, 6) is -3.34. The van der Waals surface area contributed by atoms with Crippen molar-refractivity contribution in [2.24, 2.45) is 0 Å². The SMILES string of the molecule is COC(OC)[C@@H]1OC(C)(C)O[C@H]1[C@H](O[C@@H]1O[C@H](COC(C)=O)[C@@H]2OC(C)(C)O[C@@H]2[C@H]1O)[C@H]1COC(C)(C)O1. The van der Waals surface area contributed by atoms with Crippen molar-refractivity contribution in [2.45, 2.75) is 127 Å². The average Bonchev–Trinajstić information content (AvgIpc) is 3.44. The Bertz CT molecular complexity index is 828. The van der Waals surface area contributed by atoms with E-state index in [1.807, 2.05) is 0 Å². The van der Waals surface area contributed by atoms with Crippen LogP contribution in [0.4, 0.5) is 0 Å². The zero-order valence-electron chi connectivity index (χ0n) is 23.5. The van der Waals surface area contributed by atoms with Gasteiger partial charge >= 0.3 is 5.97 Å². The third-order valence-electron chi connectivity index (χ3n) is 6.81. The molecule has 4 rings (SSSR count). The molecule has 1 N–H and O–H groups in total. The summed E-state index contributed by atoms with van der Waals surface area (Å²) in [7, 11) is 3.00. The van der Waals surface area contributed by atoms with Crippen LogP contribution in [0.5, 0.6) is 0 Å². The molecule has 0 radical (unpaired) electrons. The highest BCUT2D eigenvalue weighted by Crippen LogP contribution is 2.41. The van der Waals surface area contributed by atoms with Crippen molar-refractivity contribution in [1.29, 1.82) is 0 Å². The zero-order chi connectivity index (χ0) is 28.0. The van der Waals surface area contributed by atoms with Gasteiger partial charge < -0.3 is 57.2 Å². The molecule has 0 aromatic carbocycles. The van der Waals surface area contributed by atoms with E-state index in [1.165, 1.54) is 21.1 Å². The first-order chi connectivity index (χ1) is 17.6. The molecule has 0 bridgehead atoms. The van der Waals surface area contributed by atoms with Crippen LogP contribution in [-0.2, 0) is 56.9 Å². The summed E-state index contributed by atoms with van der Waals surface area (Å²) in [4.78, 5) is 11.5. The molecule has 0 amide bonds. The van der Waals surface area contributed by atoms with Crippen molar-refractivity contribution < 1.29 is 62.0 Å². The fourth-order valence-corrected chi connectivity index (χ4v) is 5.36. The number of rotatable bonds is 9. The average molecular weight is 551 g/mol. The maximum absolute atomic E-state index is 11.5. The van der Waals surface area contributed by atoms with E-state index in [4.69, 9.17) is 52.1 Å². The topological polar surface area (TPSA) is 139 Å². The van der Waals surface area contributed by atoms with Crippen LogP contribution < -0.4 is 0 Å². The summed E-state index contributed by atoms with van der Waals surface area (Å²) in [5.41, 5.74) is 0. The Morgan fingerprint density at radius 1 is 0.895 bits per heavy atom. The summed E-state index contributed by atoms with van der Waals surface area (Å²) in [6.07, 6.45) is -8.48. The Morgan fingerprint density at radius 3 is 2.08 bits per heavy atom. The van der Waals surface area contributed by atoms with Gasteiger partial charge in [0.2, 0.25) is 0 Å². The summed E-state index contributed by atoms with van der Waals surface area (Å²) in [6, 6.07) is 0. The number of esters is 1. The summed E-state index contributed by atoms with van der Waals surface area (Å²) in [6.45, 7) is 12.0. The first-order valence-electron chi connectivity index (χ1n) is 12.9. The molecule has 4 fully saturated rings. The molecule has 13 nitrogen and oxygen atoms in total. The molecule has 38 heavy (non-hydrogen) atoms. The number of carbonyl (C=O) groups is 1. The van der Waals surface area contributed by atoms with Gasteiger partial charge in [-0.05, 0) is 41.5 Å². The molecule has 0 saturated carbocycles. The van der Waals surface area contributed by atoms with Gasteiger partial charge in [-0.2, -0.15) is 0 Å². The number of ether oxygens (including phenoxy) is 11. The number of aliphatic hydroxyl groups excluding tert-OH is 1. The monoisotopic (exact) mass is 550 g/mol. The zero-order valence-corrected chi connectivity index (χ0v) is 23.5. The molecule has 0 aromatic heterocycles. The van der Waals surface area contributed by atoms with Crippen LogP contribution in [0.2, 0.25) is 0 Å². The second kappa shape index (κ2) is 11.1. The maximum Gasteiger partial charge on any atom is 0.302 e. The normalized spacial score (nSPS) is 40.3. The minimum Gasteiger partial charge on any atom is -0.463 e. The third kappa shape index (κ3) is 6.50. The van der Waals surface area contributed by atoms with Gasteiger partial charge in [-0.1, -0.05) is 0 Å². The molecule has 4 saturated heterocycles. The van der Waals surface area contributed by atoms with Crippen molar-refractivity contribution in [1.82, 2.24) is 0 Å². The predicted molar refractivity (Wildman–Crippen MR) is 127 cm³/mol. The lowest BCUT2D eigenvalue weighted by Gasteiger charge is -2.42. The third-order valence-corrected chi connectivity index (χ3v) is 6.81. The fraction of sp³-hybridized carbons (Fsp3) is 0.960. The van der Waals surface area contributed by atoms with Crippen LogP contribution in [0.3, 0.4) is 0 Å². The first-order valence-corrected chi connectivity index (χ1v) is 12.9. The number of methoxy groups -OCH3 is 2. The highest BCUT2D eigenvalue weighted by molar-refractivity contribution is 5.65. The van der Waals surface area contributed by atoms with Gasteiger partial charge in [0.25, 0.3) is 0 Å². The molecular formula is C25H42O13. The lowest BCUT2D eigenvalue weighted by Crippen LogP contribution is -2.61. The quantitative estimate of drug-likeness (QED) is 0.321. The van der Waals surface area contributed by atoms with Gasteiger partial charge in [-0.25, -0.2) is 0 Å². The summed E-state index contributed by atoms with van der Waals surface area (Å²) >= 11 is 0. The van der Waals surface area contributed by atoms with E-state index >= 15 is 0 Å². The Balaban J connectivity index is 1.63. The lowest BCUT2D eigenvalue weighted by molar-refractivity contribution is -0.315. The van der Waals surface area contributed by atoms with Crippen LogP contribution >= 0.6 is 0 Å². The molecule has 0 aromatic rings. The number of aliphatic hydroxyl groups is 1. The standard InChI is InChI=1S/C25H42O13/c1-12(26)30-10-13-17-18(36-24(4,5)35-17)15(27)21(32-13)33-16(14-11-31-23(2,3)34-14)19-20(22(28-8)29-9)38-25(6,7)37-19/h13-22,27H,10-11H2,1-9H3/t13-,14-,15-,16-,17+,18-,19+,20-,21+/m1/s1. The highest BCUT2D eigenvalue weighted by atomic mass is 16.8.